The van der Waals surface area contributed by atoms with Crippen molar-refractivity contribution in [2.75, 3.05) is 26.0 Å². The van der Waals surface area contributed by atoms with Gasteiger partial charge >= 0.3 is 0 Å². The maximum absolute atomic E-state index is 12.3. The molecular formula is C20H19ClN2O4S. The van der Waals surface area contributed by atoms with E-state index in [9.17, 15) is 13.2 Å². The summed E-state index contributed by atoms with van der Waals surface area (Å²) in [5, 5.41) is 4.63. The Morgan fingerprint density at radius 1 is 1.07 bits per heavy atom. The number of benzene rings is 3. The van der Waals surface area contributed by atoms with E-state index in [1.165, 1.54) is 32.3 Å². The van der Waals surface area contributed by atoms with Crippen molar-refractivity contribution in [2.24, 2.45) is 0 Å². The molecule has 0 unspecified atom stereocenters. The van der Waals surface area contributed by atoms with E-state index in [0.29, 0.717) is 11.4 Å². The molecule has 0 radical (unpaired) electrons. The van der Waals surface area contributed by atoms with Crippen LogP contribution in [0.2, 0.25) is 5.02 Å². The lowest BCUT2D eigenvalue weighted by molar-refractivity contribution is -0.118. The summed E-state index contributed by atoms with van der Waals surface area (Å²) in [5.41, 5.74) is 0.316. The van der Waals surface area contributed by atoms with Gasteiger partial charge in [-0.1, -0.05) is 48.0 Å². The predicted molar refractivity (Wildman–Crippen MR) is 110 cm³/mol. The molecular weight excluding hydrogens is 400 g/mol. The molecule has 146 valence electrons. The van der Waals surface area contributed by atoms with E-state index < -0.39 is 15.9 Å². The van der Waals surface area contributed by atoms with Crippen molar-refractivity contribution in [1.82, 2.24) is 4.31 Å². The first-order chi connectivity index (χ1) is 13.3. The van der Waals surface area contributed by atoms with Crippen molar-refractivity contribution in [3.8, 4) is 5.75 Å². The number of rotatable bonds is 6. The second kappa shape index (κ2) is 8.18. The Labute approximate surface area is 168 Å². The van der Waals surface area contributed by atoms with E-state index >= 15 is 0 Å². The molecule has 1 N–H and O–H groups in total. The number of carbonyl (C=O) groups is 1. The Hall–Kier alpha value is -2.61. The SMILES string of the molecule is CN(C)S(=O)(=O)c1cc(NC(=O)COc2cccc3ccccc23)ccc1Cl. The average Bonchev–Trinajstić information content (AvgIpc) is 2.67. The number of fused-ring (bicyclic) bond motifs is 1. The Morgan fingerprint density at radius 2 is 1.79 bits per heavy atom. The maximum Gasteiger partial charge on any atom is 0.262 e. The van der Waals surface area contributed by atoms with E-state index in [1.807, 2.05) is 36.4 Å². The van der Waals surface area contributed by atoms with Gasteiger partial charge in [0.05, 0.1) is 5.02 Å². The van der Waals surface area contributed by atoms with Crippen LogP contribution in [0, 0.1) is 0 Å². The molecule has 3 aromatic rings. The molecule has 0 saturated carbocycles. The fourth-order valence-corrected chi connectivity index (χ4v) is 4.03. The summed E-state index contributed by atoms with van der Waals surface area (Å²) in [6.45, 7) is -0.216. The van der Waals surface area contributed by atoms with Crippen LogP contribution in [0.4, 0.5) is 5.69 Å². The zero-order valence-electron chi connectivity index (χ0n) is 15.3. The number of nitrogens with one attached hydrogen (secondary N) is 1. The molecule has 0 aliphatic heterocycles. The maximum atomic E-state index is 12.3. The van der Waals surface area contributed by atoms with Crippen molar-refractivity contribution < 1.29 is 17.9 Å². The minimum atomic E-state index is -3.73. The van der Waals surface area contributed by atoms with Crippen LogP contribution in [0.3, 0.4) is 0 Å². The van der Waals surface area contributed by atoms with Crippen molar-refractivity contribution in [1.29, 1.82) is 0 Å². The van der Waals surface area contributed by atoms with Crippen molar-refractivity contribution >= 4 is 44.0 Å². The molecule has 6 nitrogen and oxygen atoms in total. The third-order valence-electron chi connectivity index (χ3n) is 4.08. The van der Waals surface area contributed by atoms with Crippen LogP contribution in [-0.2, 0) is 14.8 Å². The monoisotopic (exact) mass is 418 g/mol. The van der Waals surface area contributed by atoms with Crippen LogP contribution in [0.5, 0.6) is 5.75 Å². The first-order valence-electron chi connectivity index (χ1n) is 8.41. The quantitative estimate of drug-likeness (QED) is 0.661. The van der Waals surface area contributed by atoms with Gasteiger partial charge in [0, 0.05) is 25.2 Å². The molecule has 0 saturated heterocycles. The summed E-state index contributed by atoms with van der Waals surface area (Å²) in [4.78, 5) is 12.2. The minimum Gasteiger partial charge on any atom is -0.483 e. The highest BCUT2D eigenvalue weighted by Crippen LogP contribution is 2.27. The number of halogens is 1. The number of hydrogen-bond acceptors (Lipinski definition) is 4. The molecule has 0 bridgehead atoms. The molecule has 0 spiro atoms. The molecule has 3 rings (SSSR count). The predicted octanol–water partition coefficient (Wildman–Crippen LogP) is 3.76. The summed E-state index contributed by atoms with van der Waals surface area (Å²) >= 11 is 6.01. The van der Waals surface area contributed by atoms with Crippen molar-refractivity contribution in [2.45, 2.75) is 4.90 Å². The smallest absolute Gasteiger partial charge is 0.262 e. The van der Waals surface area contributed by atoms with Crippen LogP contribution in [0.25, 0.3) is 10.8 Å². The molecule has 0 atom stereocenters. The van der Waals surface area contributed by atoms with Gasteiger partial charge in [-0.3, -0.25) is 4.79 Å². The second-order valence-electron chi connectivity index (χ2n) is 6.25. The summed E-state index contributed by atoms with van der Waals surface area (Å²) in [5.74, 6) is 0.184. The third-order valence-corrected chi connectivity index (χ3v) is 6.38. The fourth-order valence-electron chi connectivity index (χ4n) is 2.64. The molecule has 28 heavy (non-hydrogen) atoms. The van der Waals surface area contributed by atoms with Gasteiger partial charge in [0.15, 0.2) is 6.61 Å². The molecule has 0 aromatic heterocycles. The molecule has 0 aliphatic carbocycles. The first-order valence-corrected chi connectivity index (χ1v) is 10.2. The van der Waals surface area contributed by atoms with Crippen molar-refractivity contribution in [3.63, 3.8) is 0 Å². The molecule has 8 heteroatoms. The van der Waals surface area contributed by atoms with E-state index in [1.54, 1.807) is 6.07 Å². The highest BCUT2D eigenvalue weighted by atomic mass is 35.5. The summed E-state index contributed by atoms with van der Waals surface area (Å²) in [6.07, 6.45) is 0. The van der Waals surface area contributed by atoms with Gasteiger partial charge in [-0.05, 0) is 29.7 Å². The van der Waals surface area contributed by atoms with Crippen LogP contribution >= 0.6 is 11.6 Å². The first kappa shape index (κ1) is 20.1. The van der Waals surface area contributed by atoms with Gasteiger partial charge < -0.3 is 10.1 Å². The van der Waals surface area contributed by atoms with Crippen LogP contribution in [0.1, 0.15) is 0 Å². The van der Waals surface area contributed by atoms with Gasteiger partial charge in [-0.25, -0.2) is 12.7 Å². The Morgan fingerprint density at radius 3 is 2.54 bits per heavy atom. The zero-order chi connectivity index (χ0) is 20.3. The van der Waals surface area contributed by atoms with E-state index in [4.69, 9.17) is 16.3 Å². The summed E-state index contributed by atoms with van der Waals surface area (Å²) in [7, 11) is -0.903. The molecule has 0 aliphatic rings. The number of carbonyl (C=O) groups excluding carboxylic acids is 1. The third kappa shape index (κ3) is 4.27. The lowest BCUT2D eigenvalue weighted by Crippen LogP contribution is -2.23. The lowest BCUT2D eigenvalue weighted by Gasteiger charge is -2.14. The van der Waals surface area contributed by atoms with Gasteiger partial charge in [0.1, 0.15) is 10.6 Å². The largest absolute Gasteiger partial charge is 0.483 e. The van der Waals surface area contributed by atoms with Gasteiger partial charge in [0.2, 0.25) is 10.0 Å². The van der Waals surface area contributed by atoms with Crippen LogP contribution in [0.15, 0.2) is 65.6 Å². The number of anilines is 1. The lowest BCUT2D eigenvalue weighted by atomic mass is 10.1. The van der Waals surface area contributed by atoms with Crippen LogP contribution in [-0.4, -0.2) is 39.3 Å². The normalized spacial score (nSPS) is 11.6. The van der Waals surface area contributed by atoms with Gasteiger partial charge in [0.25, 0.3) is 5.91 Å². The molecule has 1 amide bonds. The summed E-state index contributed by atoms with van der Waals surface area (Å²) in [6, 6.07) is 17.6. The number of amides is 1. The van der Waals surface area contributed by atoms with Gasteiger partial charge in [-0.15, -0.1) is 0 Å². The highest BCUT2D eigenvalue weighted by molar-refractivity contribution is 7.89. The van der Waals surface area contributed by atoms with Crippen LogP contribution < -0.4 is 10.1 Å². The zero-order valence-corrected chi connectivity index (χ0v) is 16.9. The molecule has 0 heterocycles. The minimum absolute atomic E-state index is 0.0769. The van der Waals surface area contributed by atoms with Crippen molar-refractivity contribution in [3.05, 3.63) is 65.7 Å². The fraction of sp³-hybridized carbons (Fsp3) is 0.150. The van der Waals surface area contributed by atoms with Gasteiger partial charge in [-0.2, -0.15) is 0 Å². The van der Waals surface area contributed by atoms with E-state index in [-0.39, 0.29) is 16.5 Å². The summed E-state index contributed by atoms with van der Waals surface area (Å²) < 4.78 is 31.4. The Bertz CT molecular complexity index is 1120. The van der Waals surface area contributed by atoms with E-state index in [2.05, 4.69) is 5.32 Å². The molecule has 3 aromatic carbocycles. The molecule has 0 fully saturated rings. The topological polar surface area (TPSA) is 75.7 Å². The highest BCUT2D eigenvalue weighted by Gasteiger charge is 2.21. The standard InChI is InChI=1S/C20H19ClN2O4S/c1-23(2)28(25,26)19-12-15(10-11-17(19)21)22-20(24)13-27-18-9-5-7-14-6-3-4-8-16(14)18/h3-12H,13H2,1-2H3,(H,22,24). The van der Waals surface area contributed by atoms with E-state index in [0.717, 1.165) is 15.1 Å². The Kier molecular flexibility index (Phi) is 5.88. The number of nitrogens with zero attached hydrogens (tertiary/aromatic N) is 1. The number of hydrogen-bond donors (Lipinski definition) is 1. The second-order valence-corrected chi connectivity index (χ2v) is 8.77. The average molecular weight is 419 g/mol. The number of sulfonamides is 1. The number of ether oxygens (including phenoxy) is 1. The Balaban J connectivity index is 1.73.